The Morgan fingerprint density at radius 1 is 1.24 bits per heavy atom. The quantitative estimate of drug-likeness (QED) is 0.804. The molecule has 0 bridgehead atoms. The molecule has 3 aliphatic heterocycles. The molecule has 0 radical (unpaired) electrons. The number of amides is 1. The van der Waals surface area contributed by atoms with Crippen molar-refractivity contribution in [1.29, 1.82) is 0 Å². The van der Waals surface area contributed by atoms with Crippen molar-refractivity contribution in [3.63, 3.8) is 0 Å². The highest BCUT2D eigenvalue weighted by molar-refractivity contribution is 5.81. The lowest BCUT2D eigenvalue weighted by molar-refractivity contribution is -0.138. The molecule has 1 N–H and O–H groups in total. The first-order chi connectivity index (χ1) is 10.2. The molecule has 0 aromatic carbocycles. The van der Waals surface area contributed by atoms with Crippen LogP contribution in [0.2, 0.25) is 0 Å². The maximum Gasteiger partial charge on any atom is 0.239 e. The van der Waals surface area contributed by atoms with Crippen LogP contribution in [0, 0.1) is 0 Å². The van der Waals surface area contributed by atoms with Gasteiger partial charge in [0.05, 0.1) is 31.5 Å². The number of nitrogens with zero attached hydrogens (tertiary/aromatic N) is 1. The van der Waals surface area contributed by atoms with Gasteiger partial charge >= 0.3 is 0 Å². The number of morpholine rings is 1. The van der Waals surface area contributed by atoms with E-state index in [2.05, 4.69) is 5.32 Å². The molecule has 3 unspecified atom stereocenters. The molecular formula is C15H26N2O4. The molecule has 3 heterocycles. The minimum absolute atomic E-state index is 0.113. The van der Waals surface area contributed by atoms with Crippen LogP contribution in [0.3, 0.4) is 0 Å². The van der Waals surface area contributed by atoms with Gasteiger partial charge in [-0.3, -0.25) is 4.79 Å². The summed E-state index contributed by atoms with van der Waals surface area (Å²) in [4.78, 5) is 14.3. The molecule has 120 valence electrons. The number of ether oxygens (including phenoxy) is 3. The van der Waals surface area contributed by atoms with Crippen LogP contribution in [0.1, 0.15) is 26.2 Å². The predicted molar refractivity (Wildman–Crippen MR) is 77.1 cm³/mol. The zero-order chi connectivity index (χ0) is 14.7. The van der Waals surface area contributed by atoms with E-state index < -0.39 is 0 Å². The highest BCUT2D eigenvalue weighted by atomic mass is 16.6. The largest absolute Gasteiger partial charge is 0.378 e. The fraction of sp³-hybridized carbons (Fsp3) is 0.933. The molecule has 0 saturated carbocycles. The number of hydrogen-bond donors (Lipinski definition) is 1. The third-order valence-corrected chi connectivity index (χ3v) is 4.74. The second kappa shape index (κ2) is 6.60. The molecule has 6 heteroatoms. The van der Waals surface area contributed by atoms with E-state index in [1.165, 1.54) is 0 Å². The molecule has 3 rings (SSSR count). The molecule has 0 aliphatic carbocycles. The Labute approximate surface area is 126 Å². The van der Waals surface area contributed by atoms with E-state index in [-0.39, 0.29) is 17.6 Å². The van der Waals surface area contributed by atoms with Gasteiger partial charge in [-0.05, 0) is 19.8 Å². The van der Waals surface area contributed by atoms with Gasteiger partial charge in [-0.15, -0.1) is 0 Å². The summed E-state index contributed by atoms with van der Waals surface area (Å²) in [6, 6.07) is 0.186. The lowest BCUT2D eigenvalue weighted by Gasteiger charge is -2.39. The first-order valence-corrected chi connectivity index (χ1v) is 8.03. The van der Waals surface area contributed by atoms with Crippen molar-refractivity contribution in [2.45, 2.75) is 43.9 Å². The van der Waals surface area contributed by atoms with E-state index in [4.69, 9.17) is 14.2 Å². The van der Waals surface area contributed by atoms with Crippen molar-refractivity contribution in [3.8, 4) is 0 Å². The minimum Gasteiger partial charge on any atom is -0.378 e. The van der Waals surface area contributed by atoms with Crippen LogP contribution in [0.25, 0.3) is 0 Å². The number of hydrogen-bond acceptors (Lipinski definition) is 5. The van der Waals surface area contributed by atoms with Crippen molar-refractivity contribution in [3.05, 3.63) is 0 Å². The standard InChI is InChI=1S/C15H26N2O4/c1-12(14(18)17-4-8-19-9-5-17)16-13-2-6-21-15(10-13)3-7-20-11-15/h12-13,16H,2-11H2,1H3. The van der Waals surface area contributed by atoms with Crippen LogP contribution >= 0.6 is 0 Å². The van der Waals surface area contributed by atoms with Crippen LogP contribution in [-0.2, 0) is 19.0 Å². The smallest absolute Gasteiger partial charge is 0.239 e. The molecule has 6 nitrogen and oxygen atoms in total. The lowest BCUT2D eigenvalue weighted by Crippen LogP contribution is -2.54. The Morgan fingerprint density at radius 2 is 2.05 bits per heavy atom. The maximum atomic E-state index is 12.4. The number of rotatable bonds is 3. The van der Waals surface area contributed by atoms with Crippen LogP contribution < -0.4 is 5.32 Å². The Hall–Kier alpha value is -0.690. The molecule has 1 spiro atoms. The van der Waals surface area contributed by atoms with E-state index in [0.29, 0.717) is 39.0 Å². The van der Waals surface area contributed by atoms with E-state index in [9.17, 15) is 4.79 Å². The van der Waals surface area contributed by atoms with Crippen molar-refractivity contribution < 1.29 is 19.0 Å². The van der Waals surface area contributed by atoms with Crippen LogP contribution in [0.15, 0.2) is 0 Å². The monoisotopic (exact) mass is 298 g/mol. The van der Waals surface area contributed by atoms with Crippen LogP contribution in [0.5, 0.6) is 0 Å². The van der Waals surface area contributed by atoms with Gasteiger partial charge in [-0.25, -0.2) is 0 Å². The molecular weight excluding hydrogens is 272 g/mol. The topological polar surface area (TPSA) is 60.0 Å². The SMILES string of the molecule is CC(NC1CCOC2(CCOC2)C1)C(=O)N1CCOCC1. The van der Waals surface area contributed by atoms with Crippen molar-refractivity contribution in [1.82, 2.24) is 10.2 Å². The van der Waals surface area contributed by atoms with Gasteiger partial charge in [-0.2, -0.15) is 0 Å². The average Bonchev–Trinajstić information content (AvgIpc) is 2.95. The van der Waals surface area contributed by atoms with Gasteiger partial charge in [0.1, 0.15) is 0 Å². The zero-order valence-corrected chi connectivity index (χ0v) is 12.8. The van der Waals surface area contributed by atoms with E-state index in [0.717, 1.165) is 32.5 Å². The van der Waals surface area contributed by atoms with E-state index >= 15 is 0 Å². The Balaban J connectivity index is 1.51. The molecule has 3 aliphatic rings. The molecule has 3 atom stereocenters. The second-order valence-electron chi connectivity index (χ2n) is 6.35. The third-order valence-electron chi connectivity index (χ3n) is 4.74. The Morgan fingerprint density at radius 3 is 2.76 bits per heavy atom. The van der Waals surface area contributed by atoms with Gasteiger partial charge in [0.25, 0.3) is 0 Å². The van der Waals surface area contributed by atoms with Gasteiger partial charge in [-0.1, -0.05) is 0 Å². The predicted octanol–water partition coefficient (Wildman–Crippen LogP) is 0.161. The van der Waals surface area contributed by atoms with Gasteiger partial charge in [0.2, 0.25) is 5.91 Å². The summed E-state index contributed by atoms with van der Waals surface area (Å²) in [7, 11) is 0. The van der Waals surface area contributed by atoms with Gasteiger partial charge in [0, 0.05) is 38.8 Å². The number of nitrogens with one attached hydrogen (secondary N) is 1. The summed E-state index contributed by atoms with van der Waals surface area (Å²) in [5.74, 6) is 0.182. The second-order valence-corrected chi connectivity index (χ2v) is 6.35. The summed E-state index contributed by atoms with van der Waals surface area (Å²) in [5.41, 5.74) is -0.113. The Kier molecular flexibility index (Phi) is 4.78. The van der Waals surface area contributed by atoms with Gasteiger partial charge < -0.3 is 24.4 Å². The molecule has 3 fully saturated rings. The fourth-order valence-corrected chi connectivity index (χ4v) is 3.52. The fourth-order valence-electron chi connectivity index (χ4n) is 3.52. The number of carbonyl (C=O) groups is 1. The normalized spacial score (nSPS) is 35.1. The summed E-state index contributed by atoms with van der Waals surface area (Å²) in [5, 5.41) is 3.50. The van der Waals surface area contributed by atoms with Crippen molar-refractivity contribution in [2.75, 3.05) is 46.1 Å². The van der Waals surface area contributed by atoms with Gasteiger partial charge in [0.15, 0.2) is 0 Å². The first kappa shape index (κ1) is 15.2. The van der Waals surface area contributed by atoms with E-state index in [1.54, 1.807) is 0 Å². The van der Waals surface area contributed by atoms with Crippen molar-refractivity contribution in [2.24, 2.45) is 0 Å². The minimum atomic E-state index is -0.148. The molecule has 0 aromatic rings. The molecule has 3 saturated heterocycles. The lowest BCUT2D eigenvalue weighted by atomic mass is 9.89. The summed E-state index contributed by atoms with van der Waals surface area (Å²) >= 11 is 0. The third kappa shape index (κ3) is 3.56. The first-order valence-electron chi connectivity index (χ1n) is 8.03. The van der Waals surface area contributed by atoms with Crippen molar-refractivity contribution >= 4 is 5.91 Å². The maximum absolute atomic E-state index is 12.4. The Bertz CT molecular complexity index is 365. The number of carbonyl (C=O) groups excluding carboxylic acids is 1. The summed E-state index contributed by atoms with van der Waals surface area (Å²) in [6.45, 7) is 6.90. The van der Waals surface area contributed by atoms with Crippen LogP contribution in [-0.4, -0.2) is 74.6 Å². The molecule has 21 heavy (non-hydrogen) atoms. The molecule has 1 amide bonds. The summed E-state index contributed by atoms with van der Waals surface area (Å²) in [6.07, 6.45) is 2.87. The highest BCUT2D eigenvalue weighted by Crippen LogP contribution is 2.32. The highest BCUT2D eigenvalue weighted by Gasteiger charge is 2.41. The van der Waals surface area contributed by atoms with Crippen LogP contribution in [0.4, 0.5) is 0 Å². The average molecular weight is 298 g/mol. The molecule has 0 aromatic heterocycles. The van der Waals surface area contributed by atoms with E-state index in [1.807, 2.05) is 11.8 Å². The zero-order valence-electron chi connectivity index (χ0n) is 12.8. The summed E-state index contributed by atoms with van der Waals surface area (Å²) < 4.78 is 16.7.